The summed E-state index contributed by atoms with van der Waals surface area (Å²) in [4.78, 5) is 24.7. The summed E-state index contributed by atoms with van der Waals surface area (Å²) in [5, 5.41) is 0. The maximum Gasteiger partial charge on any atom is 0.165 e. The van der Waals surface area contributed by atoms with Gasteiger partial charge in [0.2, 0.25) is 0 Å². The minimum Gasteiger partial charge on any atom is -0.294 e. The van der Waals surface area contributed by atoms with Gasteiger partial charge in [-0.2, -0.15) is 0 Å². The van der Waals surface area contributed by atoms with Crippen LogP contribution in [-0.4, -0.2) is 11.6 Å². The Balaban J connectivity index is 1.97. The fraction of sp³-hybridized carbons (Fsp3) is 0.300. The highest BCUT2D eigenvalue weighted by Crippen LogP contribution is 2.19. The van der Waals surface area contributed by atoms with E-state index in [1.54, 1.807) is 0 Å². The van der Waals surface area contributed by atoms with E-state index < -0.39 is 0 Å². The number of carbonyl (C=O) groups is 2. The lowest BCUT2D eigenvalue weighted by Crippen LogP contribution is -2.15. The van der Waals surface area contributed by atoms with Crippen molar-refractivity contribution in [3.63, 3.8) is 0 Å². The van der Waals surface area contributed by atoms with Crippen LogP contribution in [0.3, 0.4) is 0 Å². The van der Waals surface area contributed by atoms with Crippen molar-refractivity contribution in [3.8, 4) is 0 Å². The van der Waals surface area contributed by atoms with Crippen LogP contribution < -0.4 is 0 Å². The third kappa shape index (κ3) is 4.14. The lowest BCUT2D eigenvalue weighted by Gasteiger charge is -2.13. The minimum absolute atomic E-state index is 0.0863. The number of rotatable bonds is 7. The second-order valence-electron chi connectivity index (χ2n) is 5.66. The number of ketones is 2. The first-order valence-electron chi connectivity index (χ1n) is 7.81. The van der Waals surface area contributed by atoms with Crippen molar-refractivity contribution in [3.05, 3.63) is 71.3 Å². The van der Waals surface area contributed by atoms with Crippen LogP contribution in [0.1, 0.15) is 52.5 Å². The molecule has 0 aromatic heterocycles. The molecule has 22 heavy (non-hydrogen) atoms. The maximum absolute atomic E-state index is 12.5. The molecule has 0 saturated carbocycles. The number of aryl methyl sites for hydroxylation is 1. The smallest absolute Gasteiger partial charge is 0.165 e. The molecule has 2 aromatic carbocycles. The molecule has 0 aliphatic carbocycles. The van der Waals surface area contributed by atoms with Crippen molar-refractivity contribution >= 4 is 11.6 Å². The molecule has 0 saturated heterocycles. The van der Waals surface area contributed by atoms with Crippen LogP contribution in [0.2, 0.25) is 0 Å². The van der Waals surface area contributed by atoms with Crippen molar-refractivity contribution in [2.75, 3.05) is 0 Å². The highest BCUT2D eigenvalue weighted by atomic mass is 16.1. The molecule has 0 aliphatic heterocycles. The van der Waals surface area contributed by atoms with Gasteiger partial charge >= 0.3 is 0 Å². The molecule has 2 heteroatoms. The molecule has 0 N–H and O–H groups in total. The Bertz CT molecular complexity index is 627. The van der Waals surface area contributed by atoms with E-state index in [1.807, 2.05) is 68.4 Å². The van der Waals surface area contributed by atoms with Crippen LogP contribution >= 0.6 is 0 Å². The van der Waals surface area contributed by atoms with E-state index in [9.17, 15) is 9.59 Å². The fourth-order valence-corrected chi connectivity index (χ4v) is 2.55. The number of hydrogen-bond donors (Lipinski definition) is 0. The van der Waals surface area contributed by atoms with Crippen LogP contribution in [0.5, 0.6) is 0 Å². The van der Waals surface area contributed by atoms with Crippen LogP contribution in [0.4, 0.5) is 0 Å². The van der Waals surface area contributed by atoms with Crippen molar-refractivity contribution in [2.24, 2.45) is 5.92 Å². The van der Waals surface area contributed by atoms with Crippen molar-refractivity contribution < 1.29 is 9.59 Å². The summed E-state index contributed by atoms with van der Waals surface area (Å²) in [6.07, 6.45) is 1.78. The molecular weight excluding hydrogens is 272 g/mol. The highest BCUT2D eigenvalue weighted by molar-refractivity contribution is 5.99. The van der Waals surface area contributed by atoms with Crippen molar-refractivity contribution in [1.29, 1.82) is 0 Å². The SMILES string of the molecule is CCC(CCC(=O)c1ccc(C)cc1)C(=O)c1ccccc1. The van der Waals surface area contributed by atoms with E-state index in [2.05, 4.69) is 0 Å². The molecule has 1 atom stereocenters. The number of carbonyl (C=O) groups excluding carboxylic acids is 2. The number of hydrogen-bond acceptors (Lipinski definition) is 2. The molecule has 0 heterocycles. The topological polar surface area (TPSA) is 34.1 Å². The van der Waals surface area contributed by atoms with Gasteiger partial charge in [-0.1, -0.05) is 67.1 Å². The summed E-state index contributed by atoms with van der Waals surface area (Å²) < 4.78 is 0. The first-order valence-corrected chi connectivity index (χ1v) is 7.81. The molecular formula is C20H22O2. The Hall–Kier alpha value is -2.22. The third-order valence-electron chi connectivity index (χ3n) is 4.02. The summed E-state index contributed by atoms with van der Waals surface area (Å²) >= 11 is 0. The fourth-order valence-electron chi connectivity index (χ4n) is 2.55. The van der Waals surface area contributed by atoms with E-state index >= 15 is 0 Å². The largest absolute Gasteiger partial charge is 0.294 e. The van der Waals surface area contributed by atoms with E-state index in [-0.39, 0.29) is 17.5 Å². The normalized spacial score (nSPS) is 11.9. The highest BCUT2D eigenvalue weighted by Gasteiger charge is 2.19. The quantitative estimate of drug-likeness (QED) is 0.683. The summed E-state index contributed by atoms with van der Waals surface area (Å²) in [7, 11) is 0. The van der Waals surface area contributed by atoms with Gasteiger partial charge in [-0.25, -0.2) is 0 Å². The lowest BCUT2D eigenvalue weighted by molar-refractivity contribution is 0.0893. The molecule has 1 unspecified atom stereocenters. The average molecular weight is 294 g/mol. The van der Waals surface area contributed by atoms with Gasteiger partial charge in [0.05, 0.1) is 0 Å². The molecule has 0 spiro atoms. The Morgan fingerprint density at radius 1 is 0.909 bits per heavy atom. The van der Waals surface area contributed by atoms with Gasteiger partial charge in [-0.05, 0) is 19.8 Å². The summed E-state index contributed by atoms with van der Waals surface area (Å²) in [5.74, 6) is 0.163. The number of Topliss-reactive ketones (excluding diaryl/α,β-unsaturated/α-hetero) is 2. The van der Waals surface area contributed by atoms with Gasteiger partial charge < -0.3 is 0 Å². The van der Waals surface area contributed by atoms with E-state index in [1.165, 1.54) is 0 Å². The molecule has 2 rings (SSSR count). The van der Waals surface area contributed by atoms with Gasteiger partial charge in [0, 0.05) is 23.5 Å². The summed E-state index contributed by atoms with van der Waals surface area (Å²) in [6.45, 7) is 4.00. The molecule has 2 aromatic rings. The molecule has 0 amide bonds. The second-order valence-corrected chi connectivity index (χ2v) is 5.66. The Morgan fingerprint density at radius 3 is 2.14 bits per heavy atom. The zero-order chi connectivity index (χ0) is 15.9. The molecule has 0 fully saturated rings. The zero-order valence-electron chi connectivity index (χ0n) is 13.2. The maximum atomic E-state index is 12.5. The van der Waals surface area contributed by atoms with Gasteiger partial charge in [0.15, 0.2) is 11.6 Å². The molecule has 114 valence electrons. The third-order valence-corrected chi connectivity index (χ3v) is 4.02. The van der Waals surface area contributed by atoms with E-state index in [4.69, 9.17) is 0 Å². The Kier molecular flexibility index (Phi) is 5.65. The zero-order valence-corrected chi connectivity index (χ0v) is 13.2. The van der Waals surface area contributed by atoms with E-state index in [0.29, 0.717) is 12.8 Å². The molecule has 0 radical (unpaired) electrons. The summed E-state index contributed by atoms with van der Waals surface area (Å²) in [5.41, 5.74) is 2.60. The van der Waals surface area contributed by atoms with Crippen LogP contribution in [0, 0.1) is 12.8 Å². The Morgan fingerprint density at radius 2 is 1.55 bits per heavy atom. The van der Waals surface area contributed by atoms with Gasteiger partial charge in [0.25, 0.3) is 0 Å². The molecule has 2 nitrogen and oxygen atoms in total. The predicted octanol–water partition coefficient (Wildman–Crippen LogP) is 4.87. The van der Waals surface area contributed by atoms with E-state index in [0.717, 1.165) is 23.1 Å². The Labute approximate surface area is 132 Å². The van der Waals surface area contributed by atoms with Crippen LogP contribution in [-0.2, 0) is 0 Å². The van der Waals surface area contributed by atoms with Crippen LogP contribution in [0.25, 0.3) is 0 Å². The first kappa shape index (κ1) is 16.2. The lowest BCUT2D eigenvalue weighted by atomic mass is 9.89. The predicted molar refractivity (Wildman–Crippen MR) is 89.3 cm³/mol. The van der Waals surface area contributed by atoms with Crippen LogP contribution in [0.15, 0.2) is 54.6 Å². The van der Waals surface area contributed by atoms with Gasteiger partial charge in [-0.15, -0.1) is 0 Å². The minimum atomic E-state index is -0.0863. The van der Waals surface area contributed by atoms with Gasteiger partial charge in [0.1, 0.15) is 0 Å². The average Bonchev–Trinajstić information content (AvgIpc) is 2.56. The van der Waals surface area contributed by atoms with Crippen molar-refractivity contribution in [1.82, 2.24) is 0 Å². The monoisotopic (exact) mass is 294 g/mol. The standard InChI is InChI=1S/C20H22O2/c1-3-16(20(22)18-7-5-4-6-8-18)13-14-19(21)17-11-9-15(2)10-12-17/h4-12,16H,3,13-14H2,1-2H3. The summed E-state index contributed by atoms with van der Waals surface area (Å²) in [6, 6.07) is 16.9. The second kappa shape index (κ2) is 7.69. The molecule has 0 aliphatic rings. The van der Waals surface area contributed by atoms with Gasteiger partial charge in [-0.3, -0.25) is 9.59 Å². The first-order chi connectivity index (χ1) is 10.6. The number of benzene rings is 2. The molecule has 0 bridgehead atoms. The van der Waals surface area contributed by atoms with Crippen molar-refractivity contribution in [2.45, 2.75) is 33.1 Å².